The summed E-state index contributed by atoms with van der Waals surface area (Å²) in [4.78, 5) is 11.7. The Bertz CT molecular complexity index is 379. The van der Waals surface area contributed by atoms with Crippen molar-refractivity contribution in [2.75, 3.05) is 13.1 Å². The van der Waals surface area contributed by atoms with E-state index in [1.807, 2.05) is 0 Å². The number of carbonyl (C=O) groups is 1. The summed E-state index contributed by atoms with van der Waals surface area (Å²) >= 11 is 0. The number of aromatic hydroxyl groups is 1. The molecule has 0 radical (unpaired) electrons. The van der Waals surface area contributed by atoms with Crippen molar-refractivity contribution in [1.82, 2.24) is 5.32 Å². The number of rotatable bonds is 8. The molecule has 0 saturated heterocycles. The first-order valence-electron chi connectivity index (χ1n) is 6.64. The van der Waals surface area contributed by atoms with Crippen molar-refractivity contribution in [2.24, 2.45) is 11.5 Å². The van der Waals surface area contributed by atoms with Crippen molar-refractivity contribution in [1.29, 1.82) is 0 Å². The van der Waals surface area contributed by atoms with Crippen LogP contribution in [0.3, 0.4) is 0 Å². The lowest BCUT2D eigenvalue weighted by Gasteiger charge is -2.12. The number of phenols is 1. The van der Waals surface area contributed by atoms with Gasteiger partial charge in [0.05, 0.1) is 6.04 Å². The number of nitrogens with two attached hydrogens (primary N) is 2. The van der Waals surface area contributed by atoms with Crippen LogP contribution in [-0.4, -0.2) is 30.1 Å². The molecular weight excluding hydrogens is 242 g/mol. The Labute approximate surface area is 114 Å². The van der Waals surface area contributed by atoms with E-state index in [1.54, 1.807) is 24.3 Å². The molecule has 0 aliphatic rings. The Morgan fingerprint density at radius 3 is 2.53 bits per heavy atom. The minimum atomic E-state index is -0.556. The van der Waals surface area contributed by atoms with E-state index in [4.69, 9.17) is 16.6 Å². The number of hydrogen-bond donors (Lipinski definition) is 4. The Morgan fingerprint density at radius 1 is 1.21 bits per heavy atom. The van der Waals surface area contributed by atoms with Gasteiger partial charge in [-0.05, 0) is 43.5 Å². The highest BCUT2D eigenvalue weighted by molar-refractivity contribution is 5.81. The molecule has 6 N–H and O–H groups in total. The van der Waals surface area contributed by atoms with Gasteiger partial charge < -0.3 is 21.9 Å². The summed E-state index contributed by atoms with van der Waals surface area (Å²) in [6.45, 7) is 1.33. The number of benzene rings is 1. The van der Waals surface area contributed by atoms with Crippen LogP contribution in [0.2, 0.25) is 0 Å². The molecule has 0 aliphatic heterocycles. The summed E-state index contributed by atoms with van der Waals surface area (Å²) < 4.78 is 0. The van der Waals surface area contributed by atoms with Crippen LogP contribution in [0.5, 0.6) is 5.75 Å². The van der Waals surface area contributed by atoms with Gasteiger partial charge in [-0.3, -0.25) is 4.79 Å². The molecule has 1 amide bonds. The Hall–Kier alpha value is -1.59. The van der Waals surface area contributed by atoms with Gasteiger partial charge in [-0.1, -0.05) is 18.6 Å². The third-order valence-corrected chi connectivity index (χ3v) is 2.91. The first-order valence-corrected chi connectivity index (χ1v) is 6.64. The van der Waals surface area contributed by atoms with Crippen molar-refractivity contribution in [3.05, 3.63) is 29.8 Å². The molecule has 1 aromatic rings. The molecule has 0 fully saturated rings. The molecule has 0 heterocycles. The highest BCUT2D eigenvalue weighted by atomic mass is 16.3. The molecule has 1 atom stereocenters. The first kappa shape index (κ1) is 15.5. The van der Waals surface area contributed by atoms with Gasteiger partial charge in [0.15, 0.2) is 0 Å². The van der Waals surface area contributed by atoms with E-state index in [-0.39, 0.29) is 11.7 Å². The summed E-state index contributed by atoms with van der Waals surface area (Å²) in [6.07, 6.45) is 3.39. The number of unbranched alkanes of at least 4 members (excludes halogenated alkanes) is 2. The summed E-state index contributed by atoms with van der Waals surface area (Å²) in [5.74, 6) is 0.0718. The molecule has 5 nitrogen and oxygen atoms in total. The molecule has 0 bridgehead atoms. The van der Waals surface area contributed by atoms with Gasteiger partial charge in [0.25, 0.3) is 0 Å². The zero-order valence-corrected chi connectivity index (χ0v) is 11.1. The topological polar surface area (TPSA) is 101 Å². The van der Waals surface area contributed by atoms with E-state index in [9.17, 15) is 4.79 Å². The summed E-state index contributed by atoms with van der Waals surface area (Å²) in [7, 11) is 0. The van der Waals surface area contributed by atoms with E-state index in [0.717, 1.165) is 24.8 Å². The van der Waals surface area contributed by atoms with Gasteiger partial charge in [0.1, 0.15) is 5.75 Å². The predicted molar refractivity (Wildman–Crippen MR) is 75.7 cm³/mol. The van der Waals surface area contributed by atoms with Gasteiger partial charge in [0, 0.05) is 6.54 Å². The van der Waals surface area contributed by atoms with Crippen molar-refractivity contribution < 1.29 is 9.90 Å². The normalized spacial score (nSPS) is 12.1. The molecule has 1 rings (SSSR count). The lowest BCUT2D eigenvalue weighted by Crippen LogP contribution is -2.42. The number of amides is 1. The molecule has 106 valence electrons. The second kappa shape index (κ2) is 8.50. The standard InChI is InChI=1S/C14H23N3O2/c15-8-2-1-3-9-17-14(19)13(16)10-11-4-6-12(18)7-5-11/h4-7,13,18H,1-3,8-10,15-16H2,(H,17,19). The van der Waals surface area contributed by atoms with Crippen LogP contribution < -0.4 is 16.8 Å². The molecule has 0 aromatic heterocycles. The summed E-state index contributed by atoms with van der Waals surface area (Å²) in [6, 6.07) is 6.16. The van der Waals surface area contributed by atoms with Gasteiger partial charge in [-0.2, -0.15) is 0 Å². The maximum atomic E-state index is 11.7. The second-order valence-electron chi connectivity index (χ2n) is 4.62. The molecule has 5 heteroatoms. The van der Waals surface area contributed by atoms with Crippen LogP contribution in [0.4, 0.5) is 0 Å². The smallest absolute Gasteiger partial charge is 0.237 e. The third-order valence-electron chi connectivity index (χ3n) is 2.91. The first-order chi connectivity index (χ1) is 9.13. The van der Waals surface area contributed by atoms with Crippen molar-refractivity contribution in [3.63, 3.8) is 0 Å². The van der Waals surface area contributed by atoms with E-state index < -0.39 is 6.04 Å². The van der Waals surface area contributed by atoms with E-state index in [1.165, 1.54) is 0 Å². The summed E-state index contributed by atoms with van der Waals surface area (Å²) in [5.41, 5.74) is 12.2. The molecule has 0 aliphatic carbocycles. The lowest BCUT2D eigenvalue weighted by molar-refractivity contribution is -0.122. The molecule has 0 saturated carbocycles. The van der Waals surface area contributed by atoms with Gasteiger partial charge >= 0.3 is 0 Å². The van der Waals surface area contributed by atoms with Crippen molar-refractivity contribution >= 4 is 5.91 Å². The van der Waals surface area contributed by atoms with Crippen LogP contribution in [0.1, 0.15) is 24.8 Å². The fourth-order valence-corrected chi connectivity index (χ4v) is 1.77. The van der Waals surface area contributed by atoms with Crippen LogP contribution in [0.25, 0.3) is 0 Å². The molecule has 19 heavy (non-hydrogen) atoms. The minimum absolute atomic E-state index is 0.138. The number of nitrogens with one attached hydrogen (secondary N) is 1. The summed E-state index contributed by atoms with van der Waals surface area (Å²) in [5, 5.41) is 12.0. The van der Waals surface area contributed by atoms with Crippen molar-refractivity contribution in [3.8, 4) is 5.75 Å². The molecule has 1 aromatic carbocycles. The maximum Gasteiger partial charge on any atom is 0.237 e. The Balaban J connectivity index is 2.26. The fraction of sp³-hybridized carbons (Fsp3) is 0.500. The molecule has 1 unspecified atom stereocenters. The van der Waals surface area contributed by atoms with Gasteiger partial charge in [-0.25, -0.2) is 0 Å². The largest absolute Gasteiger partial charge is 0.508 e. The second-order valence-corrected chi connectivity index (χ2v) is 4.62. The average Bonchev–Trinajstić information content (AvgIpc) is 2.41. The fourth-order valence-electron chi connectivity index (χ4n) is 1.77. The number of phenolic OH excluding ortho intramolecular Hbond substituents is 1. The van der Waals surface area contributed by atoms with Crippen LogP contribution >= 0.6 is 0 Å². The molecule has 0 spiro atoms. The highest BCUT2D eigenvalue weighted by Crippen LogP contribution is 2.10. The number of hydrogen-bond acceptors (Lipinski definition) is 4. The molecular formula is C14H23N3O2. The van der Waals surface area contributed by atoms with Gasteiger partial charge in [0.2, 0.25) is 5.91 Å². The van der Waals surface area contributed by atoms with Crippen LogP contribution in [0.15, 0.2) is 24.3 Å². The van der Waals surface area contributed by atoms with E-state index >= 15 is 0 Å². The Morgan fingerprint density at radius 2 is 1.89 bits per heavy atom. The zero-order valence-electron chi connectivity index (χ0n) is 11.1. The number of carbonyl (C=O) groups excluding carboxylic acids is 1. The quantitative estimate of drug-likeness (QED) is 0.514. The SMILES string of the molecule is NCCCCCNC(=O)C(N)Cc1ccc(O)cc1. The van der Waals surface area contributed by atoms with Crippen LogP contribution in [0, 0.1) is 0 Å². The average molecular weight is 265 g/mol. The maximum absolute atomic E-state index is 11.7. The Kier molecular flexibility index (Phi) is 6.92. The third kappa shape index (κ3) is 6.22. The lowest BCUT2D eigenvalue weighted by atomic mass is 10.1. The van der Waals surface area contributed by atoms with Crippen LogP contribution in [-0.2, 0) is 11.2 Å². The highest BCUT2D eigenvalue weighted by Gasteiger charge is 2.13. The van der Waals surface area contributed by atoms with Gasteiger partial charge in [-0.15, -0.1) is 0 Å². The van der Waals surface area contributed by atoms with E-state index in [0.29, 0.717) is 19.5 Å². The van der Waals surface area contributed by atoms with Crippen molar-refractivity contribution in [2.45, 2.75) is 31.7 Å². The van der Waals surface area contributed by atoms with E-state index in [2.05, 4.69) is 5.32 Å². The minimum Gasteiger partial charge on any atom is -0.508 e. The monoisotopic (exact) mass is 265 g/mol. The zero-order chi connectivity index (χ0) is 14.1. The predicted octanol–water partition coefficient (Wildman–Crippen LogP) is 0.507.